The van der Waals surface area contributed by atoms with Gasteiger partial charge in [-0.05, 0) is 85.3 Å². The second kappa shape index (κ2) is 18.8. The first-order valence-electron chi connectivity index (χ1n) is 20.4. The lowest BCUT2D eigenvalue weighted by Gasteiger charge is -2.47. The van der Waals surface area contributed by atoms with Crippen molar-refractivity contribution >= 4 is 40.5 Å². The molecule has 3 aliphatic rings. The van der Waals surface area contributed by atoms with E-state index < -0.39 is 89.5 Å². The number of fused-ring (bicyclic) bond motifs is 2. The van der Waals surface area contributed by atoms with E-state index >= 15 is 0 Å². The van der Waals surface area contributed by atoms with Crippen molar-refractivity contribution in [2.45, 2.75) is 136 Å². The fraction of sp³-hybridized carbons (Fsp3) is 0.659. The average Bonchev–Trinajstić information content (AvgIpc) is 3.79. The predicted molar refractivity (Wildman–Crippen MR) is 217 cm³/mol. The van der Waals surface area contributed by atoms with Crippen LogP contribution < -0.4 is 0 Å². The third-order valence-corrected chi connectivity index (χ3v) is 12.2. The van der Waals surface area contributed by atoms with Gasteiger partial charge in [-0.15, -0.1) is 0 Å². The van der Waals surface area contributed by atoms with Crippen LogP contribution in [-0.2, 0) is 52.4 Å². The van der Waals surface area contributed by atoms with Gasteiger partial charge in [0.15, 0.2) is 36.5 Å². The Morgan fingerprint density at radius 3 is 2.44 bits per heavy atom. The summed E-state index contributed by atoms with van der Waals surface area (Å²) >= 11 is 0. The summed E-state index contributed by atoms with van der Waals surface area (Å²) in [5, 5.41) is 5.68. The van der Waals surface area contributed by atoms with Crippen LogP contribution in [0.15, 0.2) is 35.6 Å². The topological polar surface area (TPSA) is 174 Å². The number of aromatic amines is 1. The molecular weight excluding hydrogens is 762 g/mol. The number of likely N-dealkylation sites (N-methyl/N-ethyl adjacent to an activating group) is 1. The molecule has 1 N–H and O–H groups in total. The molecule has 13 atom stereocenters. The number of rotatable bonds is 8. The zero-order valence-corrected chi connectivity index (χ0v) is 36.4. The standard InChI is InChI=1S/C44H61N3O12/c1-13-34-44(9)39(58-42(51)59-44)26(4)35(46-53-20-14-15-30-16-17-32-31(22-30)18-19-45-32)24(2)23-43(8,52-12)38(27(5)36(49)28(6)40(50)56-34)57-41-37(55-29(7)48)33(47(10)11)21-25(3)54-41/h16-19,22,24-28,33-34,37-39,41,45H,13,20-21,23H2,1-12H3/b46-35+/t24-,25-,26+,27+,28-,33+,34-,37-,38-,39-,41+,43-,44-/m1/s1. The van der Waals surface area contributed by atoms with Crippen molar-refractivity contribution in [1.82, 2.24) is 9.88 Å². The number of aromatic nitrogens is 1. The molecule has 0 spiro atoms. The van der Waals surface area contributed by atoms with Crippen LogP contribution in [0.25, 0.3) is 10.9 Å². The Labute approximate surface area is 347 Å². The van der Waals surface area contributed by atoms with Gasteiger partial charge in [0.05, 0.1) is 29.6 Å². The molecule has 0 unspecified atom stereocenters. The molecule has 0 aliphatic carbocycles. The van der Waals surface area contributed by atoms with Gasteiger partial charge in [-0.2, -0.15) is 0 Å². The smallest absolute Gasteiger partial charge is 0.457 e. The predicted octanol–water partition coefficient (Wildman–Crippen LogP) is 5.81. The third-order valence-electron chi connectivity index (χ3n) is 12.2. The Morgan fingerprint density at radius 2 is 1.78 bits per heavy atom. The number of ketones is 1. The first-order chi connectivity index (χ1) is 27.8. The Hall–Kier alpha value is -4.49. The summed E-state index contributed by atoms with van der Waals surface area (Å²) in [6.45, 7) is 15.4. The average molecular weight is 824 g/mol. The van der Waals surface area contributed by atoms with Gasteiger partial charge in [0, 0.05) is 54.5 Å². The molecule has 15 heteroatoms. The van der Waals surface area contributed by atoms with Crippen molar-refractivity contribution in [3.8, 4) is 11.8 Å². The highest BCUT2D eigenvalue weighted by atomic mass is 16.8. The Balaban J connectivity index is 1.57. The first kappa shape index (κ1) is 45.6. The number of hydrogen-bond donors (Lipinski definition) is 1. The van der Waals surface area contributed by atoms with Crippen molar-refractivity contribution in [2.24, 2.45) is 28.8 Å². The molecule has 324 valence electrons. The molecule has 3 aliphatic heterocycles. The maximum absolute atomic E-state index is 14.4. The van der Waals surface area contributed by atoms with Crippen LogP contribution in [0.2, 0.25) is 0 Å². The molecule has 2 aromatic rings. The van der Waals surface area contributed by atoms with E-state index in [-0.39, 0.29) is 31.6 Å². The fourth-order valence-electron chi connectivity index (χ4n) is 8.94. The van der Waals surface area contributed by atoms with Crippen molar-refractivity contribution in [3.63, 3.8) is 0 Å². The molecule has 4 heterocycles. The summed E-state index contributed by atoms with van der Waals surface area (Å²) in [4.78, 5) is 64.8. The maximum Gasteiger partial charge on any atom is 0.509 e. The number of carbonyl (C=O) groups excluding carboxylic acids is 4. The van der Waals surface area contributed by atoms with Gasteiger partial charge in [-0.3, -0.25) is 14.4 Å². The molecule has 3 saturated heterocycles. The van der Waals surface area contributed by atoms with Gasteiger partial charge >= 0.3 is 18.1 Å². The zero-order valence-electron chi connectivity index (χ0n) is 36.4. The number of cyclic esters (lactones) is 1. The molecule has 0 saturated carbocycles. The minimum atomic E-state index is -1.45. The molecular formula is C44H61N3O12. The van der Waals surface area contributed by atoms with Crippen LogP contribution in [-0.4, -0.2) is 121 Å². The maximum atomic E-state index is 14.4. The number of benzene rings is 1. The number of ether oxygens (including phenoxy) is 7. The van der Waals surface area contributed by atoms with E-state index in [0.717, 1.165) is 16.5 Å². The monoisotopic (exact) mass is 823 g/mol. The normalized spacial score (nSPS) is 36.5. The minimum absolute atomic E-state index is 0.0555. The van der Waals surface area contributed by atoms with Crippen molar-refractivity contribution in [3.05, 3.63) is 36.0 Å². The van der Waals surface area contributed by atoms with Crippen LogP contribution in [0.5, 0.6) is 0 Å². The summed E-state index contributed by atoms with van der Waals surface area (Å²) in [7, 11) is 5.29. The number of Topliss-reactive ketones (excluding diaryl/α,β-unsaturated/α-hetero) is 1. The van der Waals surface area contributed by atoms with E-state index in [1.165, 1.54) is 21.0 Å². The fourth-order valence-corrected chi connectivity index (χ4v) is 8.94. The van der Waals surface area contributed by atoms with Gasteiger partial charge in [0.2, 0.25) is 0 Å². The van der Waals surface area contributed by atoms with Crippen molar-refractivity contribution in [2.75, 3.05) is 27.8 Å². The number of H-pyrrole nitrogens is 1. The number of carbonyl (C=O) groups is 4. The number of nitrogens with one attached hydrogen (secondary N) is 1. The highest BCUT2D eigenvalue weighted by molar-refractivity contribution is 6.00. The molecule has 59 heavy (non-hydrogen) atoms. The number of nitrogens with zero attached hydrogens (tertiary/aromatic N) is 2. The van der Waals surface area contributed by atoms with E-state index in [1.54, 1.807) is 20.8 Å². The molecule has 0 radical (unpaired) electrons. The summed E-state index contributed by atoms with van der Waals surface area (Å²) in [6, 6.07) is 7.55. The van der Waals surface area contributed by atoms with Crippen LogP contribution in [0, 0.1) is 35.5 Å². The van der Waals surface area contributed by atoms with Gasteiger partial charge in [-0.1, -0.05) is 44.7 Å². The van der Waals surface area contributed by atoms with Crippen LogP contribution in [0.3, 0.4) is 0 Å². The number of oxime groups is 1. The van der Waals surface area contributed by atoms with Gasteiger partial charge in [-0.25, -0.2) is 4.79 Å². The zero-order chi connectivity index (χ0) is 43.4. The largest absolute Gasteiger partial charge is 0.509 e. The molecule has 0 amide bonds. The van der Waals surface area contributed by atoms with Crippen molar-refractivity contribution < 1.29 is 57.2 Å². The minimum Gasteiger partial charge on any atom is -0.457 e. The molecule has 1 aromatic carbocycles. The highest BCUT2D eigenvalue weighted by Crippen LogP contribution is 2.42. The third kappa shape index (κ3) is 9.94. The molecule has 1 aromatic heterocycles. The molecule has 3 fully saturated rings. The quantitative estimate of drug-likeness (QED) is 0.0845. The van der Waals surface area contributed by atoms with E-state index in [4.69, 9.17) is 38.0 Å². The first-order valence-corrected chi connectivity index (χ1v) is 20.4. The summed E-state index contributed by atoms with van der Waals surface area (Å²) in [6.07, 6.45) is -3.32. The Kier molecular flexibility index (Phi) is 14.6. The summed E-state index contributed by atoms with van der Waals surface area (Å²) in [5.74, 6) is 1.03. The van der Waals surface area contributed by atoms with Gasteiger partial charge in [0.25, 0.3) is 0 Å². The highest BCUT2D eigenvalue weighted by Gasteiger charge is 2.59. The SMILES string of the molecule is CC[C@H]1OC(=O)[C@H](C)C(=O)[C@H](C)[C@@H](O[C@@H]2O[C@H](C)C[C@H](N(C)C)[C@H]2OC(C)=O)[C@](C)(OC)C[C@@H](C)/C(=N\OCC#Cc2ccc3[nH]ccc3c2)[C@H](C)[C@H]2OC(=O)O[C@@]21C. The van der Waals surface area contributed by atoms with Gasteiger partial charge in [0.1, 0.15) is 12.0 Å². The lowest BCUT2D eigenvalue weighted by molar-refractivity contribution is -0.297. The second-order valence-corrected chi connectivity index (χ2v) is 16.8. The summed E-state index contributed by atoms with van der Waals surface area (Å²) in [5.41, 5.74) is -0.420. The Bertz CT molecular complexity index is 1940. The van der Waals surface area contributed by atoms with E-state index in [1.807, 2.05) is 77.2 Å². The Morgan fingerprint density at radius 1 is 1.05 bits per heavy atom. The van der Waals surface area contributed by atoms with Crippen LogP contribution >= 0.6 is 0 Å². The molecule has 5 rings (SSSR count). The van der Waals surface area contributed by atoms with E-state index in [0.29, 0.717) is 12.1 Å². The van der Waals surface area contributed by atoms with Crippen molar-refractivity contribution in [1.29, 1.82) is 0 Å². The molecule has 15 nitrogen and oxygen atoms in total. The molecule has 0 bridgehead atoms. The summed E-state index contributed by atoms with van der Waals surface area (Å²) < 4.78 is 43.1. The van der Waals surface area contributed by atoms with Gasteiger partial charge < -0.3 is 47.9 Å². The lowest BCUT2D eigenvalue weighted by atomic mass is 9.74. The van der Waals surface area contributed by atoms with E-state index in [9.17, 15) is 19.2 Å². The number of hydrogen-bond acceptors (Lipinski definition) is 14. The number of esters is 2. The lowest BCUT2D eigenvalue weighted by Crippen LogP contribution is -2.60. The second-order valence-electron chi connectivity index (χ2n) is 16.8. The van der Waals surface area contributed by atoms with Crippen LogP contribution in [0.4, 0.5) is 4.79 Å². The van der Waals surface area contributed by atoms with E-state index in [2.05, 4.69) is 22.0 Å². The van der Waals surface area contributed by atoms with Crippen LogP contribution in [0.1, 0.15) is 87.1 Å². The number of methoxy groups -OCH3 is 1.